The van der Waals surface area contributed by atoms with Crippen LogP contribution in [0.25, 0.3) is 0 Å². The fourth-order valence-corrected chi connectivity index (χ4v) is 0.845. The van der Waals surface area contributed by atoms with Gasteiger partial charge in [0.05, 0.1) is 26.4 Å². The lowest BCUT2D eigenvalue weighted by molar-refractivity contribution is 0.0409. The Labute approximate surface area is 74.0 Å². The van der Waals surface area contributed by atoms with Crippen LogP contribution in [0.15, 0.2) is 0 Å². The maximum Gasteiger partial charge on any atom is 0.104 e. The topological polar surface area (TPSA) is 31.0 Å². The zero-order valence-electron chi connectivity index (χ0n) is 7.75. The van der Waals surface area contributed by atoms with Crippen LogP contribution in [0, 0.1) is 0 Å². The van der Waals surface area contributed by atoms with E-state index in [4.69, 9.17) is 14.2 Å². The second-order valence-corrected chi connectivity index (χ2v) is 3.00. The van der Waals surface area contributed by atoms with Gasteiger partial charge in [0.2, 0.25) is 0 Å². The smallest absolute Gasteiger partial charge is 0.104 e. The highest BCUT2D eigenvalue weighted by molar-refractivity contribution is 4.66. The highest BCUT2D eigenvalue weighted by Crippen LogP contribution is 2.07. The van der Waals surface area contributed by atoms with E-state index in [1.54, 1.807) is 0 Å². The van der Waals surface area contributed by atoms with Crippen molar-refractivity contribution >= 4 is 0 Å². The number of hydrogen-bond donors (Lipinski definition) is 0. The zero-order valence-corrected chi connectivity index (χ0v) is 7.75. The molecule has 0 saturated carbocycles. The van der Waals surface area contributed by atoms with Gasteiger partial charge in [0.1, 0.15) is 6.10 Å². The fourth-order valence-electron chi connectivity index (χ4n) is 0.845. The Balaban J connectivity index is 1.65. The molecule has 0 aromatic heterocycles. The average molecular weight is 174 g/mol. The van der Waals surface area contributed by atoms with Crippen LogP contribution in [-0.2, 0) is 14.2 Å². The van der Waals surface area contributed by atoms with Crippen molar-refractivity contribution in [3.63, 3.8) is 0 Å². The molecule has 1 aliphatic heterocycles. The van der Waals surface area contributed by atoms with E-state index in [1.807, 2.05) is 0 Å². The molecule has 1 aliphatic rings. The van der Waals surface area contributed by atoms with Gasteiger partial charge in [-0.1, -0.05) is 13.3 Å². The van der Waals surface area contributed by atoms with Crippen LogP contribution >= 0.6 is 0 Å². The fraction of sp³-hybridized carbons (Fsp3) is 1.00. The van der Waals surface area contributed by atoms with Crippen molar-refractivity contribution in [2.45, 2.75) is 25.9 Å². The van der Waals surface area contributed by atoms with Crippen molar-refractivity contribution in [3.05, 3.63) is 0 Å². The maximum atomic E-state index is 5.31. The van der Waals surface area contributed by atoms with Gasteiger partial charge in [0.15, 0.2) is 0 Å². The Hall–Kier alpha value is -0.120. The first-order chi connectivity index (χ1) is 5.93. The number of rotatable bonds is 8. The molecule has 0 N–H and O–H groups in total. The van der Waals surface area contributed by atoms with E-state index in [1.165, 1.54) is 6.42 Å². The van der Waals surface area contributed by atoms with Crippen molar-refractivity contribution < 1.29 is 14.2 Å². The maximum absolute atomic E-state index is 5.31. The quantitative estimate of drug-likeness (QED) is 0.409. The van der Waals surface area contributed by atoms with E-state index in [0.717, 1.165) is 26.2 Å². The number of unbranched alkanes of at least 4 members (excludes halogenated alkanes) is 1. The van der Waals surface area contributed by atoms with E-state index in [-0.39, 0.29) is 0 Å². The number of ether oxygens (including phenoxy) is 3. The molecule has 1 fully saturated rings. The van der Waals surface area contributed by atoms with Crippen LogP contribution in [0.4, 0.5) is 0 Å². The standard InChI is InChI=1S/C9H18O3/c1-2-3-4-10-5-6-11-7-9-8-12-9/h9H,2-8H2,1H3. The van der Waals surface area contributed by atoms with Crippen molar-refractivity contribution in [3.8, 4) is 0 Å². The summed E-state index contributed by atoms with van der Waals surface area (Å²) in [5.41, 5.74) is 0. The van der Waals surface area contributed by atoms with Gasteiger partial charge in [-0.2, -0.15) is 0 Å². The SMILES string of the molecule is CCCCOCCOCC1CO1. The molecule has 0 aliphatic carbocycles. The number of epoxide rings is 1. The Morgan fingerprint density at radius 3 is 2.67 bits per heavy atom. The molecule has 1 atom stereocenters. The monoisotopic (exact) mass is 174 g/mol. The molecule has 0 radical (unpaired) electrons. The molecule has 0 aromatic carbocycles. The van der Waals surface area contributed by atoms with E-state index in [2.05, 4.69) is 6.92 Å². The Bertz CT molecular complexity index is 102. The lowest BCUT2D eigenvalue weighted by Gasteiger charge is -2.03. The van der Waals surface area contributed by atoms with Gasteiger partial charge in [-0.05, 0) is 6.42 Å². The minimum Gasteiger partial charge on any atom is -0.379 e. The third-order valence-corrected chi connectivity index (χ3v) is 1.72. The summed E-state index contributed by atoms with van der Waals surface area (Å²) in [4.78, 5) is 0. The Morgan fingerprint density at radius 2 is 2.00 bits per heavy atom. The van der Waals surface area contributed by atoms with Crippen LogP contribution < -0.4 is 0 Å². The largest absolute Gasteiger partial charge is 0.379 e. The van der Waals surface area contributed by atoms with E-state index in [9.17, 15) is 0 Å². The van der Waals surface area contributed by atoms with Crippen molar-refractivity contribution in [1.82, 2.24) is 0 Å². The Kier molecular flexibility index (Phi) is 5.32. The predicted molar refractivity (Wildman–Crippen MR) is 46.3 cm³/mol. The third-order valence-electron chi connectivity index (χ3n) is 1.72. The second-order valence-electron chi connectivity index (χ2n) is 3.00. The summed E-state index contributed by atoms with van der Waals surface area (Å²) in [6.07, 6.45) is 2.71. The van der Waals surface area contributed by atoms with Crippen LogP contribution in [0.3, 0.4) is 0 Å². The molecule has 1 heterocycles. The third kappa shape index (κ3) is 5.52. The lowest BCUT2D eigenvalue weighted by Crippen LogP contribution is -2.08. The molecule has 3 nitrogen and oxygen atoms in total. The van der Waals surface area contributed by atoms with Gasteiger partial charge in [-0.25, -0.2) is 0 Å². The van der Waals surface area contributed by atoms with E-state index in [0.29, 0.717) is 19.3 Å². The van der Waals surface area contributed by atoms with Gasteiger partial charge >= 0.3 is 0 Å². The molecule has 1 rings (SSSR count). The van der Waals surface area contributed by atoms with Gasteiger partial charge in [0.25, 0.3) is 0 Å². The molecule has 0 bridgehead atoms. The molecule has 1 unspecified atom stereocenters. The van der Waals surface area contributed by atoms with Crippen LogP contribution in [0.1, 0.15) is 19.8 Å². The van der Waals surface area contributed by atoms with Crippen LogP contribution in [-0.4, -0.2) is 39.1 Å². The van der Waals surface area contributed by atoms with Gasteiger partial charge in [-0.15, -0.1) is 0 Å². The summed E-state index contributed by atoms with van der Waals surface area (Å²) < 4.78 is 15.6. The van der Waals surface area contributed by atoms with E-state index < -0.39 is 0 Å². The molecule has 1 saturated heterocycles. The first-order valence-electron chi connectivity index (χ1n) is 4.70. The highest BCUT2D eigenvalue weighted by Gasteiger charge is 2.21. The van der Waals surface area contributed by atoms with Crippen molar-refractivity contribution in [2.75, 3.05) is 33.0 Å². The lowest BCUT2D eigenvalue weighted by atomic mass is 10.4. The Morgan fingerprint density at radius 1 is 1.25 bits per heavy atom. The van der Waals surface area contributed by atoms with Crippen molar-refractivity contribution in [2.24, 2.45) is 0 Å². The molecule has 3 heteroatoms. The summed E-state index contributed by atoms with van der Waals surface area (Å²) in [6.45, 7) is 6.04. The highest BCUT2D eigenvalue weighted by atomic mass is 16.6. The molecule has 12 heavy (non-hydrogen) atoms. The molecule has 0 spiro atoms. The summed E-state index contributed by atoms with van der Waals surface area (Å²) in [6, 6.07) is 0. The second kappa shape index (κ2) is 6.40. The van der Waals surface area contributed by atoms with E-state index >= 15 is 0 Å². The summed E-state index contributed by atoms with van der Waals surface area (Å²) in [7, 11) is 0. The van der Waals surface area contributed by atoms with Gasteiger partial charge in [-0.3, -0.25) is 0 Å². The molecular formula is C9H18O3. The minimum absolute atomic E-state index is 0.376. The molecule has 0 amide bonds. The van der Waals surface area contributed by atoms with Crippen LogP contribution in [0.2, 0.25) is 0 Å². The molecule has 0 aromatic rings. The molecule has 72 valence electrons. The van der Waals surface area contributed by atoms with Crippen LogP contribution in [0.5, 0.6) is 0 Å². The minimum atomic E-state index is 0.376. The zero-order chi connectivity index (χ0) is 8.65. The number of hydrogen-bond acceptors (Lipinski definition) is 3. The molecular weight excluding hydrogens is 156 g/mol. The first-order valence-corrected chi connectivity index (χ1v) is 4.70. The predicted octanol–water partition coefficient (Wildman–Crippen LogP) is 1.22. The average Bonchev–Trinajstić information content (AvgIpc) is 2.87. The first kappa shape index (κ1) is 9.96. The normalized spacial score (nSPS) is 21.2. The summed E-state index contributed by atoms with van der Waals surface area (Å²) in [5.74, 6) is 0. The van der Waals surface area contributed by atoms with Crippen molar-refractivity contribution in [1.29, 1.82) is 0 Å². The van der Waals surface area contributed by atoms with Gasteiger partial charge < -0.3 is 14.2 Å². The summed E-state index contributed by atoms with van der Waals surface area (Å²) in [5, 5.41) is 0. The van der Waals surface area contributed by atoms with Gasteiger partial charge in [0, 0.05) is 6.61 Å². The summed E-state index contributed by atoms with van der Waals surface area (Å²) >= 11 is 0.